The molecule has 1 N–H and O–H groups in total. The van der Waals surface area contributed by atoms with Crippen molar-refractivity contribution in [3.8, 4) is 5.88 Å². The van der Waals surface area contributed by atoms with Crippen LogP contribution in [0.4, 0.5) is 5.82 Å². The molecule has 7 heteroatoms. The topological polar surface area (TPSA) is 82.2 Å². The predicted octanol–water partition coefficient (Wildman–Crippen LogP) is 2.74. The summed E-state index contributed by atoms with van der Waals surface area (Å²) < 4.78 is 11.6. The van der Waals surface area contributed by atoms with Crippen molar-refractivity contribution < 1.29 is 14.1 Å². The Morgan fingerprint density at radius 2 is 2.09 bits per heavy atom. The van der Waals surface area contributed by atoms with Crippen molar-refractivity contribution in [2.24, 2.45) is 0 Å². The minimum absolute atomic E-state index is 0.0622. The van der Waals surface area contributed by atoms with Crippen molar-refractivity contribution >= 4 is 11.7 Å². The van der Waals surface area contributed by atoms with Gasteiger partial charge in [-0.3, -0.25) is 9.48 Å². The third-order valence-electron chi connectivity index (χ3n) is 3.45. The van der Waals surface area contributed by atoms with Gasteiger partial charge in [0, 0.05) is 12.3 Å². The molecule has 23 heavy (non-hydrogen) atoms. The molecule has 0 saturated carbocycles. The second-order valence-electron chi connectivity index (χ2n) is 4.96. The lowest BCUT2D eigenvalue weighted by molar-refractivity contribution is 0.0987. The fourth-order valence-electron chi connectivity index (χ4n) is 2.14. The van der Waals surface area contributed by atoms with Gasteiger partial charge < -0.3 is 14.6 Å². The minimum atomic E-state index is -0.432. The van der Waals surface area contributed by atoms with Gasteiger partial charge in [-0.1, -0.05) is 30.3 Å². The van der Waals surface area contributed by atoms with Gasteiger partial charge >= 0.3 is 0 Å². The summed E-state index contributed by atoms with van der Waals surface area (Å²) in [6, 6.07) is 13.2. The van der Waals surface area contributed by atoms with E-state index < -0.39 is 5.91 Å². The summed E-state index contributed by atoms with van der Waals surface area (Å²) in [5.41, 5.74) is 1.13. The van der Waals surface area contributed by atoms with Gasteiger partial charge in [0.05, 0.1) is 19.2 Å². The maximum absolute atomic E-state index is 12.0. The van der Waals surface area contributed by atoms with Gasteiger partial charge in [0.15, 0.2) is 5.82 Å². The van der Waals surface area contributed by atoms with Gasteiger partial charge in [-0.15, -0.1) is 0 Å². The van der Waals surface area contributed by atoms with E-state index in [-0.39, 0.29) is 17.7 Å². The molecule has 1 aromatic carbocycles. The maximum Gasteiger partial charge on any atom is 0.295 e. The zero-order valence-electron chi connectivity index (χ0n) is 12.8. The number of nitrogens with one attached hydrogen (secondary N) is 1. The van der Waals surface area contributed by atoms with Crippen LogP contribution in [-0.2, 0) is 0 Å². The van der Waals surface area contributed by atoms with Gasteiger partial charge in [-0.25, -0.2) is 0 Å². The number of methoxy groups -OCH3 is 1. The van der Waals surface area contributed by atoms with E-state index in [1.54, 1.807) is 10.7 Å². The van der Waals surface area contributed by atoms with Crippen molar-refractivity contribution in [3.63, 3.8) is 0 Å². The van der Waals surface area contributed by atoms with E-state index >= 15 is 0 Å². The number of hydrogen-bond acceptors (Lipinski definition) is 5. The van der Waals surface area contributed by atoms with Crippen LogP contribution in [-0.4, -0.2) is 28.0 Å². The number of ether oxygens (including phenoxy) is 1. The summed E-state index contributed by atoms with van der Waals surface area (Å²) in [7, 11) is 1.45. The lowest BCUT2D eigenvalue weighted by Crippen LogP contribution is -2.13. The van der Waals surface area contributed by atoms with Crippen molar-refractivity contribution in [1.82, 2.24) is 14.9 Å². The van der Waals surface area contributed by atoms with Gasteiger partial charge in [-0.2, -0.15) is 5.10 Å². The molecule has 0 bridgehead atoms. The fraction of sp³-hybridized carbons (Fsp3) is 0.188. The first kappa shape index (κ1) is 14.8. The molecule has 0 aliphatic rings. The number of nitrogens with zero attached hydrogens (tertiary/aromatic N) is 3. The third-order valence-corrected chi connectivity index (χ3v) is 3.45. The highest BCUT2D eigenvalue weighted by Gasteiger charge is 2.15. The van der Waals surface area contributed by atoms with E-state index in [9.17, 15) is 4.79 Å². The molecule has 0 aliphatic heterocycles. The Morgan fingerprint density at radius 3 is 2.78 bits per heavy atom. The molecule has 0 fully saturated rings. The Labute approximate surface area is 132 Å². The number of hydrogen-bond donors (Lipinski definition) is 1. The van der Waals surface area contributed by atoms with E-state index in [4.69, 9.17) is 9.26 Å². The number of benzene rings is 1. The van der Waals surface area contributed by atoms with Gasteiger partial charge in [0.1, 0.15) is 0 Å². The average molecular weight is 312 g/mol. The van der Waals surface area contributed by atoms with Crippen LogP contribution in [0.25, 0.3) is 0 Å². The molecule has 7 nitrogen and oxygen atoms in total. The predicted molar refractivity (Wildman–Crippen MR) is 83.5 cm³/mol. The standard InChI is InChI=1S/C16H16N4O3/c1-11(12-6-4-3-5-7-12)20-9-8-14(18-20)17-16(21)13-10-15(22-2)19-23-13/h3-11H,1-2H3,(H,17,18,21)/t11-/m1/s1. The highest BCUT2D eigenvalue weighted by molar-refractivity contribution is 6.01. The molecule has 1 atom stereocenters. The minimum Gasteiger partial charge on any atom is -0.479 e. The number of carbonyl (C=O) groups excluding carboxylic acids is 1. The van der Waals surface area contributed by atoms with Gasteiger partial charge in [0.25, 0.3) is 11.8 Å². The van der Waals surface area contributed by atoms with E-state index in [0.29, 0.717) is 5.82 Å². The molecule has 0 aliphatic carbocycles. The molecule has 118 valence electrons. The first-order valence-electron chi connectivity index (χ1n) is 7.09. The van der Waals surface area contributed by atoms with Crippen LogP contribution >= 0.6 is 0 Å². The number of rotatable bonds is 5. The van der Waals surface area contributed by atoms with Crippen molar-refractivity contribution in [2.75, 3.05) is 12.4 Å². The van der Waals surface area contributed by atoms with E-state index in [2.05, 4.69) is 15.6 Å². The van der Waals surface area contributed by atoms with Crippen LogP contribution in [0, 0.1) is 0 Å². The SMILES string of the molecule is COc1cc(C(=O)Nc2ccn([C@H](C)c3ccccc3)n2)on1. The number of aromatic nitrogens is 3. The Bertz CT molecular complexity index is 795. The molecule has 0 saturated heterocycles. The Hall–Kier alpha value is -3.09. The fourth-order valence-corrected chi connectivity index (χ4v) is 2.14. The summed E-state index contributed by atoms with van der Waals surface area (Å²) in [6.45, 7) is 2.04. The summed E-state index contributed by atoms with van der Waals surface area (Å²) >= 11 is 0. The van der Waals surface area contributed by atoms with E-state index in [1.165, 1.54) is 13.2 Å². The Kier molecular flexibility index (Phi) is 4.09. The first-order valence-corrected chi connectivity index (χ1v) is 7.09. The second kappa shape index (κ2) is 6.35. The Morgan fingerprint density at radius 1 is 1.30 bits per heavy atom. The highest BCUT2D eigenvalue weighted by Crippen LogP contribution is 2.18. The molecule has 0 spiro atoms. The van der Waals surface area contributed by atoms with Crippen LogP contribution in [0.3, 0.4) is 0 Å². The lowest BCUT2D eigenvalue weighted by atomic mass is 10.1. The quantitative estimate of drug-likeness (QED) is 0.783. The largest absolute Gasteiger partial charge is 0.479 e. The normalized spacial score (nSPS) is 11.9. The first-order chi connectivity index (χ1) is 11.2. The number of anilines is 1. The number of carbonyl (C=O) groups is 1. The molecular weight excluding hydrogens is 296 g/mol. The zero-order chi connectivity index (χ0) is 16.2. The van der Waals surface area contributed by atoms with Crippen LogP contribution in [0.5, 0.6) is 5.88 Å². The van der Waals surface area contributed by atoms with Gasteiger partial charge in [-0.05, 0) is 17.6 Å². The van der Waals surface area contributed by atoms with Crippen molar-refractivity contribution in [1.29, 1.82) is 0 Å². The molecule has 0 radical (unpaired) electrons. The van der Waals surface area contributed by atoms with Crippen LogP contribution in [0.2, 0.25) is 0 Å². The van der Waals surface area contributed by atoms with Gasteiger partial charge in [0.2, 0.25) is 5.76 Å². The number of amides is 1. The monoisotopic (exact) mass is 312 g/mol. The van der Waals surface area contributed by atoms with Crippen LogP contribution < -0.4 is 10.1 Å². The van der Waals surface area contributed by atoms with Crippen molar-refractivity contribution in [3.05, 3.63) is 60.0 Å². The average Bonchev–Trinajstić information content (AvgIpc) is 3.24. The van der Waals surface area contributed by atoms with E-state index in [1.807, 2.05) is 43.5 Å². The summed E-state index contributed by atoms with van der Waals surface area (Å²) in [4.78, 5) is 12.0. The smallest absolute Gasteiger partial charge is 0.295 e. The lowest BCUT2D eigenvalue weighted by Gasteiger charge is -2.12. The molecule has 2 aromatic heterocycles. The molecule has 0 unspecified atom stereocenters. The molecule has 2 heterocycles. The summed E-state index contributed by atoms with van der Waals surface area (Å²) in [5.74, 6) is 0.317. The third kappa shape index (κ3) is 3.23. The van der Waals surface area contributed by atoms with Crippen LogP contribution in [0.1, 0.15) is 29.1 Å². The van der Waals surface area contributed by atoms with Crippen molar-refractivity contribution in [2.45, 2.75) is 13.0 Å². The summed E-state index contributed by atoms with van der Waals surface area (Å²) in [6.07, 6.45) is 1.81. The molecule has 1 amide bonds. The molecular formula is C16H16N4O3. The Balaban J connectivity index is 1.71. The zero-order valence-corrected chi connectivity index (χ0v) is 12.8. The maximum atomic E-state index is 12.0. The molecule has 3 rings (SSSR count). The van der Waals surface area contributed by atoms with Crippen LogP contribution in [0.15, 0.2) is 53.2 Å². The second-order valence-corrected chi connectivity index (χ2v) is 4.96. The molecule has 3 aromatic rings. The highest BCUT2D eigenvalue weighted by atomic mass is 16.5. The van der Waals surface area contributed by atoms with E-state index in [0.717, 1.165) is 5.56 Å². The summed E-state index contributed by atoms with van der Waals surface area (Å²) in [5, 5.41) is 10.6.